The van der Waals surface area contributed by atoms with Crippen LogP contribution in [0.3, 0.4) is 0 Å². The van der Waals surface area contributed by atoms with E-state index in [-0.39, 0.29) is 11.7 Å². The van der Waals surface area contributed by atoms with Crippen molar-refractivity contribution in [2.24, 2.45) is 5.73 Å². The fourth-order valence-electron chi connectivity index (χ4n) is 1.06. The highest BCUT2D eigenvalue weighted by Crippen LogP contribution is 2.26. The third-order valence-corrected chi connectivity index (χ3v) is 2.17. The number of nitro groups is 1. The van der Waals surface area contributed by atoms with Crippen molar-refractivity contribution < 1.29 is 4.92 Å². The van der Waals surface area contributed by atoms with Crippen molar-refractivity contribution in [1.29, 1.82) is 0 Å². The van der Waals surface area contributed by atoms with Crippen LogP contribution >= 0.6 is 15.9 Å². The van der Waals surface area contributed by atoms with Crippen molar-refractivity contribution in [1.82, 2.24) is 0 Å². The second-order valence-electron chi connectivity index (χ2n) is 2.75. The molecule has 0 unspecified atom stereocenters. The summed E-state index contributed by atoms with van der Waals surface area (Å²) in [5.41, 5.74) is 6.20. The van der Waals surface area contributed by atoms with Crippen molar-refractivity contribution in [2.75, 3.05) is 0 Å². The number of nitrogens with two attached hydrogens (primary N) is 1. The molecule has 0 bridgehead atoms. The lowest BCUT2D eigenvalue weighted by Crippen LogP contribution is -2.07. The number of hydrogen-bond donors (Lipinski definition) is 1. The summed E-state index contributed by atoms with van der Waals surface area (Å²) in [6.07, 6.45) is 0. The van der Waals surface area contributed by atoms with E-state index in [9.17, 15) is 10.1 Å². The lowest BCUT2D eigenvalue weighted by Gasteiger charge is -2.06. The van der Waals surface area contributed by atoms with E-state index in [1.54, 1.807) is 19.1 Å². The standard InChI is InChI=1S/C8H9BrN2O2/c1-5(10)7-4-6(9)2-3-8(7)11(12)13/h2-5H,10H2,1H3/t5-/m1/s1. The Bertz CT molecular complexity index is 339. The predicted octanol–water partition coefficient (Wildman–Crippen LogP) is 2.38. The van der Waals surface area contributed by atoms with Crippen molar-refractivity contribution in [3.8, 4) is 0 Å². The minimum atomic E-state index is -0.425. The smallest absolute Gasteiger partial charge is 0.274 e. The van der Waals surface area contributed by atoms with Gasteiger partial charge in [0, 0.05) is 22.1 Å². The molecule has 1 atom stereocenters. The Morgan fingerprint density at radius 3 is 2.69 bits per heavy atom. The number of nitrogens with zero attached hydrogens (tertiary/aromatic N) is 1. The highest BCUT2D eigenvalue weighted by atomic mass is 79.9. The van der Waals surface area contributed by atoms with Crippen molar-refractivity contribution in [2.45, 2.75) is 13.0 Å². The zero-order chi connectivity index (χ0) is 10.0. The largest absolute Gasteiger partial charge is 0.324 e. The Morgan fingerprint density at radius 1 is 1.62 bits per heavy atom. The van der Waals surface area contributed by atoms with Gasteiger partial charge in [-0.2, -0.15) is 0 Å². The summed E-state index contributed by atoms with van der Waals surface area (Å²) < 4.78 is 0.797. The molecule has 0 spiro atoms. The van der Waals surface area contributed by atoms with Gasteiger partial charge in [-0.15, -0.1) is 0 Å². The Hall–Kier alpha value is -0.940. The van der Waals surface area contributed by atoms with Gasteiger partial charge >= 0.3 is 0 Å². The summed E-state index contributed by atoms with van der Waals surface area (Å²) in [5.74, 6) is 0. The minimum Gasteiger partial charge on any atom is -0.324 e. The first-order valence-electron chi connectivity index (χ1n) is 3.72. The zero-order valence-electron chi connectivity index (χ0n) is 7.03. The van der Waals surface area contributed by atoms with Crippen LogP contribution in [0.2, 0.25) is 0 Å². The number of rotatable bonds is 2. The van der Waals surface area contributed by atoms with Crippen LogP contribution in [0.25, 0.3) is 0 Å². The van der Waals surface area contributed by atoms with Crippen LogP contribution in [0.4, 0.5) is 5.69 Å². The molecule has 13 heavy (non-hydrogen) atoms. The van der Waals surface area contributed by atoms with Gasteiger partial charge in [-0.3, -0.25) is 10.1 Å². The van der Waals surface area contributed by atoms with Gasteiger partial charge in [0.05, 0.1) is 4.92 Å². The highest BCUT2D eigenvalue weighted by Gasteiger charge is 2.16. The first-order valence-corrected chi connectivity index (χ1v) is 4.51. The van der Waals surface area contributed by atoms with Crippen LogP contribution in [0.15, 0.2) is 22.7 Å². The lowest BCUT2D eigenvalue weighted by atomic mass is 10.1. The van der Waals surface area contributed by atoms with E-state index in [1.807, 2.05) is 0 Å². The average Bonchev–Trinajstić information content (AvgIpc) is 2.03. The summed E-state index contributed by atoms with van der Waals surface area (Å²) in [4.78, 5) is 10.1. The summed E-state index contributed by atoms with van der Waals surface area (Å²) in [5, 5.41) is 10.6. The molecule has 1 aromatic rings. The molecule has 2 N–H and O–H groups in total. The molecular formula is C8H9BrN2O2. The first kappa shape index (κ1) is 10.1. The van der Waals surface area contributed by atoms with Gasteiger partial charge in [0.15, 0.2) is 0 Å². The van der Waals surface area contributed by atoms with Crippen LogP contribution in [-0.4, -0.2) is 4.92 Å². The molecule has 1 rings (SSSR count). The Labute approximate surface area is 84.0 Å². The van der Waals surface area contributed by atoms with Gasteiger partial charge in [0.25, 0.3) is 5.69 Å². The molecule has 0 heterocycles. The summed E-state index contributed by atoms with van der Waals surface area (Å²) in [6, 6.07) is 4.41. The molecule has 1 aromatic carbocycles. The zero-order valence-corrected chi connectivity index (χ0v) is 8.61. The molecule has 0 aliphatic carbocycles. The van der Waals surface area contributed by atoms with E-state index in [4.69, 9.17) is 5.73 Å². The first-order chi connectivity index (χ1) is 6.02. The summed E-state index contributed by atoms with van der Waals surface area (Å²) >= 11 is 3.24. The average molecular weight is 245 g/mol. The van der Waals surface area contributed by atoms with Gasteiger partial charge in [0.1, 0.15) is 0 Å². The van der Waals surface area contributed by atoms with E-state index in [2.05, 4.69) is 15.9 Å². The molecule has 0 amide bonds. The van der Waals surface area contributed by atoms with Gasteiger partial charge < -0.3 is 5.73 Å². The molecule has 70 valence electrons. The van der Waals surface area contributed by atoms with Gasteiger partial charge in [-0.05, 0) is 19.1 Å². The maximum Gasteiger partial charge on any atom is 0.274 e. The molecule has 0 saturated heterocycles. The maximum absolute atomic E-state index is 10.6. The van der Waals surface area contributed by atoms with Crippen LogP contribution in [0, 0.1) is 10.1 Å². The molecule has 0 fully saturated rings. The molecule has 4 nitrogen and oxygen atoms in total. The Morgan fingerprint density at radius 2 is 2.23 bits per heavy atom. The molecule has 0 aliphatic heterocycles. The van der Waals surface area contributed by atoms with E-state index >= 15 is 0 Å². The van der Waals surface area contributed by atoms with E-state index in [0.29, 0.717) is 5.56 Å². The van der Waals surface area contributed by atoms with Gasteiger partial charge in [0.2, 0.25) is 0 Å². The second kappa shape index (κ2) is 3.85. The van der Waals surface area contributed by atoms with E-state index in [1.165, 1.54) is 6.07 Å². The van der Waals surface area contributed by atoms with Crippen LogP contribution in [0.5, 0.6) is 0 Å². The fraction of sp³-hybridized carbons (Fsp3) is 0.250. The quantitative estimate of drug-likeness (QED) is 0.642. The molecule has 0 aromatic heterocycles. The third kappa shape index (κ3) is 2.26. The Balaban J connectivity index is 3.26. The normalized spacial score (nSPS) is 12.5. The molecule has 5 heteroatoms. The Kier molecular flexibility index (Phi) is 3.00. The fourth-order valence-corrected chi connectivity index (χ4v) is 1.44. The van der Waals surface area contributed by atoms with Gasteiger partial charge in [-0.25, -0.2) is 0 Å². The molecule has 0 saturated carbocycles. The lowest BCUT2D eigenvalue weighted by molar-refractivity contribution is -0.385. The van der Waals surface area contributed by atoms with Crippen molar-refractivity contribution in [3.05, 3.63) is 38.3 Å². The van der Waals surface area contributed by atoms with Crippen LogP contribution < -0.4 is 5.73 Å². The number of halogens is 1. The third-order valence-electron chi connectivity index (χ3n) is 1.68. The predicted molar refractivity (Wildman–Crippen MR) is 53.4 cm³/mol. The van der Waals surface area contributed by atoms with Crippen LogP contribution in [-0.2, 0) is 0 Å². The monoisotopic (exact) mass is 244 g/mol. The SMILES string of the molecule is C[C@@H](N)c1cc(Br)ccc1[N+](=O)[O-]. The molecule has 0 radical (unpaired) electrons. The van der Waals surface area contributed by atoms with Crippen LogP contribution in [0.1, 0.15) is 18.5 Å². The number of hydrogen-bond acceptors (Lipinski definition) is 3. The topological polar surface area (TPSA) is 69.2 Å². The minimum absolute atomic E-state index is 0.0678. The van der Waals surface area contributed by atoms with Gasteiger partial charge in [-0.1, -0.05) is 15.9 Å². The van der Waals surface area contributed by atoms with Crippen molar-refractivity contribution in [3.63, 3.8) is 0 Å². The summed E-state index contributed by atoms with van der Waals surface area (Å²) in [6.45, 7) is 1.72. The van der Waals surface area contributed by atoms with Crippen molar-refractivity contribution >= 4 is 21.6 Å². The second-order valence-corrected chi connectivity index (χ2v) is 3.66. The maximum atomic E-state index is 10.6. The van der Waals surface area contributed by atoms with E-state index in [0.717, 1.165) is 4.47 Å². The molecular weight excluding hydrogens is 236 g/mol. The van der Waals surface area contributed by atoms with E-state index < -0.39 is 4.92 Å². The number of nitro benzene ring substituents is 1. The summed E-state index contributed by atoms with van der Waals surface area (Å²) in [7, 11) is 0. The number of benzene rings is 1. The molecule has 0 aliphatic rings. The highest BCUT2D eigenvalue weighted by molar-refractivity contribution is 9.10.